The average molecular weight is 218 g/mol. The minimum Gasteiger partial charge on any atom is -0.441 e. The molecule has 0 radical (unpaired) electrons. The molecule has 0 aliphatic carbocycles. The lowest BCUT2D eigenvalue weighted by molar-refractivity contribution is -0.119. The predicted molar refractivity (Wildman–Crippen MR) is 61.2 cm³/mol. The predicted octanol–water partition coefficient (Wildman–Crippen LogP) is 1.99. The first-order valence-electron chi connectivity index (χ1n) is 5.16. The van der Waals surface area contributed by atoms with Crippen LogP contribution in [-0.2, 0) is 4.79 Å². The number of aryl methyl sites for hydroxylation is 1. The van der Waals surface area contributed by atoms with E-state index < -0.39 is 0 Å². The highest BCUT2D eigenvalue weighted by Crippen LogP contribution is 2.21. The van der Waals surface area contributed by atoms with Crippen LogP contribution in [0.25, 0.3) is 11.1 Å². The van der Waals surface area contributed by atoms with Crippen LogP contribution < -0.4 is 5.32 Å². The number of fused-ring (bicyclic) bond motifs is 1. The summed E-state index contributed by atoms with van der Waals surface area (Å²) in [6, 6.07) is 5.34. The Balaban J connectivity index is 2.48. The van der Waals surface area contributed by atoms with Gasteiger partial charge in [-0.25, -0.2) is 4.98 Å². The summed E-state index contributed by atoms with van der Waals surface area (Å²) in [4.78, 5) is 15.6. The molecule has 0 saturated heterocycles. The third-order valence-electron chi connectivity index (χ3n) is 2.55. The van der Waals surface area contributed by atoms with Crippen LogP contribution >= 0.6 is 0 Å². The van der Waals surface area contributed by atoms with Gasteiger partial charge in [0.1, 0.15) is 5.52 Å². The van der Waals surface area contributed by atoms with Gasteiger partial charge in [-0.2, -0.15) is 0 Å². The normalized spacial score (nSPS) is 12.9. The Morgan fingerprint density at radius 1 is 1.50 bits per heavy atom. The van der Waals surface area contributed by atoms with Crippen LogP contribution in [0.1, 0.15) is 24.4 Å². The number of nitrogens with one attached hydrogen (secondary N) is 1. The van der Waals surface area contributed by atoms with Crippen LogP contribution in [0.3, 0.4) is 0 Å². The Morgan fingerprint density at radius 3 is 2.88 bits per heavy atom. The maximum atomic E-state index is 11.4. The van der Waals surface area contributed by atoms with Crippen molar-refractivity contribution < 1.29 is 9.21 Å². The van der Waals surface area contributed by atoms with Gasteiger partial charge in [0.25, 0.3) is 0 Å². The number of carbonyl (C=O) groups is 1. The number of hydrogen-bond donors (Lipinski definition) is 1. The fourth-order valence-electron chi connectivity index (χ4n) is 1.84. The van der Waals surface area contributed by atoms with E-state index >= 15 is 0 Å². The Bertz CT molecular complexity index is 531. The van der Waals surface area contributed by atoms with E-state index in [0.717, 1.165) is 16.7 Å². The number of benzene rings is 1. The van der Waals surface area contributed by atoms with E-state index in [1.165, 1.54) is 0 Å². The molecule has 0 saturated carbocycles. The summed E-state index contributed by atoms with van der Waals surface area (Å²) in [6.45, 7) is 3.37. The maximum absolute atomic E-state index is 11.4. The van der Waals surface area contributed by atoms with Crippen LogP contribution in [0, 0.1) is 6.92 Å². The monoisotopic (exact) mass is 218 g/mol. The number of oxazole rings is 1. The zero-order chi connectivity index (χ0) is 11.7. The van der Waals surface area contributed by atoms with E-state index in [2.05, 4.69) is 10.3 Å². The number of carbonyl (C=O) groups excluding carboxylic acids is 1. The summed E-state index contributed by atoms with van der Waals surface area (Å²) in [7, 11) is 1.77. The first-order valence-corrected chi connectivity index (χ1v) is 5.16. The Hall–Kier alpha value is -1.68. The largest absolute Gasteiger partial charge is 0.441 e. The third kappa shape index (κ3) is 1.84. The van der Waals surface area contributed by atoms with Crippen LogP contribution in [0.15, 0.2) is 22.6 Å². The summed E-state index contributed by atoms with van der Waals surface area (Å²) in [6.07, 6.45) is 0. The van der Waals surface area contributed by atoms with Crippen molar-refractivity contribution in [1.82, 2.24) is 10.3 Å². The summed E-state index contributed by atoms with van der Waals surface area (Å²) in [5.41, 5.74) is 2.44. The molecule has 1 unspecified atom stereocenters. The van der Waals surface area contributed by atoms with Gasteiger partial charge >= 0.3 is 0 Å². The summed E-state index contributed by atoms with van der Waals surface area (Å²) in [5, 5.41) is 2.98. The second kappa shape index (κ2) is 4.06. The molecule has 0 aliphatic rings. The molecular formula is C12H14N2O2. The van der Waals surface area contributed by atoms with Crippen LogP contribution in [0.4, 0.5) is 0 Å². The number of Topliss-reactive ketones (excluding diaryl/α,β-unsaturated/α-hetero) is 1. The van der Waals surface area contributed by atoms with E-state index in [-0.39, 0.29) is 11.8 Å². The number of likely N-dealkylation sites (N-methyl/N-ethyl adjacent to an activating group) is 1. The maximum Gasteiger partial charge on any atom is 0.192 e. The molecule has 0 fully saturated rings. The second-order valence-electron chi connectivity index (χ2n) is 3.79. The Morgan fingerprint density at radius 2 is 2.25 bits per heavy atom. The number of aromatic nitrogens is 1. The summed E-state index contributed by atoms with van der Waals surface area (Å²) in [5.74, 6) is 0.717. The van der Waals surface area contributed by atoms with Crippen molar-refractivity contribution in [2.75, 3.05) is 7.05 Å². The van der Waals surface area contributed by atoms with Crippen molar-refractivity contribution in [3.05, 3.63) is 29.7 Å². The van der Waals surface area contributed by atoms with E-state index in [1.54, 1.807) is 20.9 Å². The first-order chi connectivity index (χ1) is 7.61. The van der Waals surface area contributed by atoms with Crippen molar-refractivity contribution in [2.24, 2.45) is 0 Å². The minimum absolute atomic E-state index is 0.0816. The molecule has 1 N–H and O–H groups in total. The quantitative estimate of drug-likeness (QED) is 0.855. The zero-order valence-corrected chi connectivity index (χ0v) is 9.57. The molecule has 0 amide bonds. The number of rotatable bonds is 3. The highest BCUT2D eigenvalue weighted by atomic mass is 16.3. The van der Waals surface area contributed by atoms with Gasteiger partial charge < -0.3 is 9.73 Å². The number of nitrogens with zero attached hydrogens (tertiary/aromatic N) is 1. The highest BCUT2D eigenvalue weighted by molar-refractivity contribution is 5.84. The van der Waals surface area contributed by atoms with Crippen LogP contribution in [0.2, 0.25) is 0 Å². The molecule has 4 heteroatoms. The molecule has 16 heavy (non-hydrogen) atoms. The SMILES string of the molecule is CNC(C(C)=O)c1ccc2nc(C)oc2c1. The lowest BCUT2D eigenvalue weighted by Crippen LogP contribution is -2.23. The van der Waals surface area contributed by atoms with E-state index in [9.17, 15) is 4.79 Å². The van der Waals surface area contributed by atoms with Gasteiger partial charge in [-0.1, -0.05) is 6.07 Å². The molecule has 1 aromatic carbocycles. The molecule has 2 aromatic rings. The Labute approximate surface area is 93.7 Å². The Kier molecular flexibility index (Phi) is 2.75. The molecule has 1 aromatic heterocycles. The van der Waals surface area contributed by atoms with Gasteiger partial charge in [-0.15, -0.1) is 0 Å². The van der Waals surface area contributed by atoms with Crippen molar-refractivity contribution in [3.63, 3.8) is 0 Å². The lowest BCUT2D eigenvalue weighted by atomic mass is 10.0. The van der Waals surface area contributed by atoms with Gasteiger partial charge in [0.15, 0.2) is 17.3 Å². The van der Waals surface area contributed by atoms with E-state index in [0.29, 0.717) is 5.89 Å². The van der Waals surface area contributed by atoms with Gasteiger partial charge in [0.05, 0.1) is 6.04 Å². The van der Waals surface area contributed by atoms with Crippen molar-refractivity contribution in [3.8, 4) is 0 Å². The van der Waals surface area contributed by atoms with Crippen LogP contribution in [0.5, 0.6) is 0 Å². The lowest BCUT2D eigenvalue weighted by Gasteiger charge is -2.12. The second-order valence-corrected chi connectivity index (χ2v) is 3.79. The smallest absolute Gasteiger partial charge is 0.192 e. The molecule has 0 spiro atoms. The molecule has 0 bridgehead atoms. The van der Waals surface area contributed by atoms with Gasteiger partial charge in [-0.05, 0) is 31.7 Å². The number of ketones is 1. The van der Waals surface area contributed by atoms with Crippen molar-refractivity contribution in [1.29, 1.82) is 0 Å². The van der Waals surface area contributed by atoms with Crippen LogP contribution in [-0.4, -0.2) is 17.8 Å². The topological polar surface area (TPSA) is 55.1 Å². The number of hydrogen-bond acceptors (Lipinski definition) is 4. The van der Waals surface area contributed by atoms with Crippen molar-refractivity contribution >= 4 is 16.9 Å². The highest BCUT2D eigenvalue weighted by Gasteiger charge is 2.15. The fourth-order valence-corrected chi connectivity index (χ4v) is 1.84. The molecule has 0 aliphatic heterocycles. The molecule has 1 heterocycles. The molecule has 84 valence electrons. The molecule has 2 rings (SSSR count). The van der Waals surface area contributed by atoms with Gasteiger partial charge in [0.2, 0.25) is 0 Å². The first kappa shape index (κ1) is 10.8. The molecular weight excluding hydrogens is 204 g/mol. The fraction of sp³-hybridized carbons (Fsp3) is 0.333. The summed E-state index contributed by atoms with van der Waals surface area (Å²) < 4.78 is 5.43. The third-order valence-corrected chi connectivity index (χ3v) is 2.55. The average Bonchev–Trinajstić information content (AvgIpc) is 2.57. The minimum atomic E-state index is -0.283. The van der Waals surface area contributed by atoms with E-state index in [4.69, 9.17) is 4.42 Å². The summed E-state index contributed by atoms with van der Waals surface area (Å²) >= 11 is 0. The van der Waals surface area contributed by atoms with E-state index in [1.807, 2.05) is 18.2 Å². The standard InChI is InChI=1S/C12H14N2O2/c1-7(15)12(13-3)9-4-5-10-11(6-9)16-8(2)14-10/h4-6,12-13H,1-3H3. The van der Waals surface area contributed by atoms with Crippen molar-refractivity contribution in [2.45, 2.75) is 19.9 Å². The molecule has 4 nitrogen and oxygen atoms in total. The van der Waals surface area contributed by atoms with Gasteiger partial charge in [-0.3, -0.25) is 4.79 Å². The zero-order valence-electron chi connectivity index (χ0n) is 9.57. The molecule has 1 atom stereocenters. The van der Waals surface area contributed by atoms with Gasteiger partial charge in [0, 0.05) is 6.92 Å².